The summed E-state index contributed by atoms with van der Waals surface area (Å²) in [5, 5.41) is 2.59. The molecule has 3 heterocycles. The fourth-order valence-electron chi connectivity index (χ4n) is 3.73. The monoisotopic (exact) mass is 443 g/mol. The highest BCUT2D eigenvalue weighted by molar-refractivity contribution is 7.13. The van der Waals surface area contributed by atoms with Gasteiger partial charge >= 0.3 is 0 Å². The summed E-state index contributed by atoms with van der Waals surface area (Å²) in [7, 11) is 1.56. The molecular formula is C25H18FN3O2S. The van der Waals surface area contributed by atoms with Crippen LogP contribution in [0.5, 0.6) is 5.75 Å². The van der Waals surface area contributed by atoms with Crippen LogP contribution in [-0.2, 0) is 0 Å². The number of methoxy groups -OCH3 is 1. The number of halogens is 1. The number of hydrogen-bond donors (Lipinski definition) is 1. The Morgan fingerprint density at radius 2 is 1.91 bits per heavy atom. The van der Waals surface area contributed by atoms with Gasteiger partial charge in [-0.3, -0.25) is 4.79 Å². The van der Waals surface area contributed by atoms with E-state index in [2.05, 4.69) is 0 Å². The second kappa shape index (κ2) is 7.94. The third-order valence-electron chi connectivity index (χ3n) is 5.29. The van der Waals surface area contributed by atoms with Crippen molar-refractivity contribution >= 4 is 28.3 Å². The number of nitrogens with two attached hydrogens (primary N) is 1. The Balaban J connectivity index is 1.65. The van der Waals surface area contributed by atoms with E-state index >= 15 is 0 Å². The molecular weight excluding hydrogens is 425 g/mol. The maximum Gasteiger partial charge on any atom is 0.212 e. The molecule has 5 aromatic rings. The number of rotatable bonds is 5. The lowest BCUT2D eigenvalue weighted by molar-refractivity contribution is 0.103. The maximum atomic E-state index is 13.4. The normalized spacial score (nSPS) is 11.1. The zero-order valence-corrected chi connectivity index (χ0v) is 17.9. The van der Waals surface area contributed by atoms with Crippen LogP contribution in [0.1, 0.15) is 16.1 Å². The lowest BCUT2D eigenvalue weighted by Gasteiger charge is -2.05. The number of nitrogen functional groups attached to an aromatic ring is 1. The van der Waals surface area contributed by atoms with Crippen molar-refractivity contribution < 1.29 is 13.9 Å². The molecule has 0 atom stereocenters. The summed E-state index contributed by atoms with van der Waals surface area (Å²) < 4.78 is 20.3. The number of fused-ring (bicyclic) bond motifs is 1. The molecule has 2 aromatic carbocycles. The number of carbonyl (C=O) groups is 1. The lowest BCUT2D eigenvalue weighted by Crippen LogP contribution is -2.08. The number of thiazole rings is 1. The van der Waals surface area contributed by atoms with Crippen molar-refractivity contribution in [1.29, 1.82) is 0 Å². The van der Waals surface area contributed by atoms with Crippen molar-refractivity contribution in [2.45, 2.75) is 0 Å². The number of benzene rings is 2. The van der Waals surface area contributed by atoms with E-state index in [1.54, 1.807) is 47.9 Å². The van der Waals surface area contributed by atoms with Crippen LogP contribution in [0.3, 0.4) is 0 Å². The van der Waals surface area contributed by atoms with Crippen LogP contribution in [0.15, 0.2) is 78.3 Å². The van der Waals surface area contributed by atoms with Crippen LogP contribution < -0.4 is 10.5 Å². The molecule has 0 saturated heterocycles. The highest BCUT2D eigenvalue weighted by atomic mass is 32.1. The Kier molecular flexibility index (Phi) is 4.95. The Hall–Kier alpha value is -3.97. The van der Waals surface area contributed by atoms with Gasteiger partial charge in [0.15, 0.2) is 0 Å². The molecule has 0 saturated carbocycles. The average molecular weight is 444 g/mol. The summed E-state index contributed by atoms with van der Waals surface area (Å²) >= 11 is 1.43. The number of aromatic nitrogens is 2. The van der Waals surface area contributed by atoms with Gasteiger partial charge in [-0.1, -0.05) is 18.2 Å². The van der Waals surface area contributed by atoms with E-state index in [1.807, 2.05) is 29.8 Å². The summed E-state index contributed by atoms with van der Waals surface area (Å²) in [5.74, 6) is 0.0936. The molecule has 0 aliphatic heterocycles. The van der Waals surface area contributed by atoms with Crippen LogP contribution in [0.2, 0.25) is 0 Å². The minimum absolute atomic E-state index is 0.204. The van der Waals surface area contributed by atoms with Gasteiger partial charge in [0, 0.05) is 22.7 Å². The molecule has 0 bridgehead atoms. The van der Waals surface area contributed by atoms with Gasteiger partial charge in [-0.2, -0.15) is 0 Å². The van der Waals surface area contributed by atoms with E-state index in [1.165, 1.54) is 23.5 Å². The average Bonchev–Trinajstić information content (AvgIpc) is 3.41. The highest BCUT2D eigenvalue weighted by Crippen LogP contribution is 2.39. The SMILES string of the molecule is COc1cccc(C(=O)c2c(N)c(-c3nc(-c4ccc(F)cc4)cs3)c3ccccn23)c1. The van der Waals surface area contributed by atoms with Crippen molar-refractivity contribution in [2.24, 2.45) is 0 Å². The maximum absolute atomic E-state index is 13.4. The predicted molar refractivity (Wildman–Crippen MR) is 125 cm³/mol. The smallest absolute Gasteiger partial charge is 0.212 e. The number of carbonyl (C=O) groups excluding carboxylic acids is 1. The number of ether oxygens (including phenoxy) is 1. The number of pyridine rings is 1. The first-order valence-corrected chi connectivity index (χ1v) is 10.7. The quantitative estimate of drug-likeness (QED) is 0.354. The first-order chi connectivity index (χ1) is 15.6. The molecule has 2 N–H and O–H groups in total. The van der Waals surface area contributed by atoms with Crippen LogP contribution >= 0.6 is 11.3 Å². The summed E-state index contributed by atoms with van der Waals surface area (Å²) in [6.45, 7) is 0. The summed E-state index contributed by atoms with van der Waals surface area (Å²) in [5.41, 5.74) is 10.8. The number of anilines is 1. The zero-order valence-electron chi connectivity index (χ0n) is 17.1. The van der Waals surface area contributed by atoms with Crippen molar-refractivity contribution in [1.82, 2.24) is 9.38 Å². The van der Waals surface area contributed by atoms with Gasteiger partial charge in [-0.15, -0.1) is 11.3 Å². The molecule has 3 aromatic heterocycles. The van der Waals surface area contributed by atoms with Crippen LogP contribution in [0, 0.1) is 5.82 Å². The number of ketones is 1. The first-order valence-electron chi connectivity index (χ1n) is 9.86. The largest absolute Gasteiger partial charge is 0.497 e. The first kappa shape index (κ1) is 20.0. The fraction of sp³-hybridized carbons (Fsp3) is 0.0400. The third-order valence-corrected chi connectivity index (χ3v) is 6.15. The van der Waals surface area contributed by atoms with Gasteiger partial charge in [0.1, 0.15) is 22.3 Å². The van der Waals surface area contributed by atoms with E-state index in [4.69, 9.17) is 15.5 Å². The summed E-state index contributed by atoms with van der Waals surface area (Å²) in [4.78, 5) is 18.2. The van der Waals surface area contributed by atoms with Crippen molar-refractivity contribution in [3.63, 3.8) is 0 Å². The molecule has 0 radical (unpaired) electrons. The van der Waals surface area contributed by atoms with Gasteiger partial charge < -0.3 is 14.9 Å². The van der Waals surface area contributed by atoms with Gasteiger partial charge in [-0.25, -0.2) is 9.37 Å². The van der Waals surface area contributed by atoms with Crippen LogP contribution in [-0.4, -0.2) is 22.3 Å². The molecule has 5 nitrogen and oxygen atoms in total. The molecule has 5 rings (SSSR count). The molecule has 0 amide bonds. The molecule has 158 valence electrons. The lowest BCUT2D eigenvalue weighted by atomic mass is 10.1. The van der Waals surface area contributed by atoms with Gasteiger partial charge in [0.25, 0.3) is 0 Å². The molecule has 32 heavy (non-hydrogen) atoms. The Morgan fingerprint density at radius 1 is 1.09 bits per heavy atom. The van der Waals surface area contributed by atoms with Gasteiger partial charge in [0.05, 0.1) is 29.6 Å². The number of hydrogen-bond acceptors (Lipinski definition) is 5. The molecule has 0 spiro atoms. The van der Waals surface area contributed by atoms with Gasteiger partial charge in [0.2, 0.25) is 5.78 Å². The van der Waals surface area contributed by atoms with Crippen molar-refractivity contribution in [3.05, 3.63) is 95.4 Å². The summed E-state index contributed by atoms with van der Waals surface area (Å²) in [6.07, 6.45) is 1.82. The third kappa shape index (κ3) is 3.33. The Morgan fingerprint density at radius 3 is 2.69 bits per heavy atom. The minimum Gasteiger partial charge on any atom is -0.497 e. The van der Waals surface area contributed by atoms with E-state index in [-0.39, 0.29) is 11.6 Å². The second-order valence-corrected chi connectivity index (χ2v) is 8.06. The van der Waals surface area contributed by atoms with Crippen molar-refractivity contribution in [3.8, 4) is 27.6 Å². The zero-order chi connectivity index (χ0) is 22.2. The topological polar surface area (TPSA) is 69.6 Å². The predicted octanol–water partition coefficient (Wildman–Crippen LogP) is 5.69. The molecule has 0 unspecified atom stereocenters. The fourth-order valence-corrected chi connectivity index (χ4v) is 4.62. The van der Waals surface area contributed by atoms with E-state index in [0.717, 1.165) is 16.8 Å². The Labute approximate surface area is 187 Å². The second-order valence-electron chi connectivity index (χ2n) is 7.20. The van der Waals surface area contributed by atoms with E-state index < -0.39 is 0 Å². The highest BCUT2D eigenvalue weighted by Gasteiger charge is 2.25. The molecule has 0 fully saturated rings. The summed E-state index contributed by atoms with van der Waals surface area (Å²) in [6, 6.07) is 18.8. The number of nitrogens with zero attached hydrogens (tertiary/aromatic N) is 2. The standard InChI is InChI=1S/C25H18FN3O2S/c1-31-18-6-4-5-16(13-18)24(30)23-22(27)21(20-7-2-3-12-29(20)23)25-28-19(14-32-25)15-8-10-17(26)11-9-15/h2-14H,27H2,1H3. The molecule has 7 heteroatoms. The van der Waals surface area contributed by atoms with E-state index in [0.29, 0.717) is 33.3 Å². The van der Waals surface area contributed by atoms with Crippen LogP contribution in [0.4, 0.5) is 10.1 Å². The minimum atomic E-state index is -0.299. The van der Waals surface area contributed by atoms with Crippen molar-refractivity contribution in [2.75, 3.05) is 12.8 Å². The Bertz CT molecular complexity index is 1450. The van der Waals surface area contributed by atoms with Crippen LogP contribution in [0.25, 0.3) is 27.3 Å². The molecule has 0 aliphatic carbocycles. The molecule has 0 aliphatic rings. The van der Waals surface area contributed by atoms with Gasteiger partial charge in [-0.05, 0) is 48.5 Å². The van der Waals surface area contributed by atoms with E-state index in [9.17, 15) is 9.18 Å².